The monoisotopic (exact) mass is 608 g/mol. The Hall–Kier alpha value is -2.88. The number of rotatable bonds is 21. The molecule has 1 aromatic carbocycles. The number of hydrogen-bond acceptors (Lipinski definition) is 4. The SMILES string of the molecule is COc1c(C)c(C/C=C(\C)CC/C=C(\C)CC/C=C(\C)CC/C=C(\C)CC/C=C(\C)CCC(C)C)c(OC)c(OC)c1OC. The molecule has 0 aliphatic rings. The molecular formula is C40H64O4. The highest BCUT2D eigenvalue weighted by Gasteiger charge is 2.24. The van der Waals surface area contributed by atoms with Gasteiger partial charge in [-0.3, -0.25) is 0 Å². The largest absolute Gasteiger partial charge is 0.492 e. The molecule has 1 aromatic rings. The molecule has 1 rings (SSSR count). The minimum atomic E-state index is 0.563. The molecule has 0 unspecified atom stereocenters. The molecule has 0 radical (unpaired) electrons. The third-order valence-corrected chi connectivity index (χ3v) is 8.40. The zero-order valence-corrected chi connectivity index (χ0v) is 30.4. The van der Waals surface area contributed by atoms with E-state index in [-0.39, 0.29) is 0 Å². The van der Waals surface area contributed by atoms with Crippen molar-refractivity contribution in [2.24, 2.45) is 5.92 Å². The van der Waals surface area contributed by atoms with Gasteiger partial charge in [-0.15, -0.1) is 0 Å². The topological polar surface area (TPSA) is 36.9 Å². The Labute approximate surface area is 271 Å². The van der Waals surface area contributed by atoms with Crippen molar-refractivity contribution >= 4 is 0 Å². The van der Waals surface area contributed by atoms with Crippen LogP contribution in [-0.4, -0.2) is 28.4 Å². The fourth-order valence-corrected chi connectivity index (χ4v) is 5.39. The molecule has 0 atom stereocenters. The first-order valence-electron chi connectivity index (χ1n) is 16.6. The molecule has 0 bridgehead atoms. The van der Waals surface area contributed by atoms with Crippen LogP contribution in [0.2, 0.25) is 0 Å². The Kier molecular flexibility index (Phi) is 19.4. The van der Waals surface area contributed by atoms with Gasteiger partial charge in [-0.25, -0.2) is 0 Å². The van der Waals surface area contributed by atoms with Gasteiger partial charge in [-0.1, -0.05) is 72.1 Å². The average Bonchev–Trinajstić information content (AvgIpc) is 2.98. The van der Waals surface area contributed by atoms with Crippen LogP contribution in [0.25, 0.3) is 0 Å². The Bertz CT molecular complexity index is 1160. The van der Waals surface area contributed by atoms with Crippen molar-refractivity contribution in [2.75, 3.05) is 28.4 Å². The van der Waals surface area contributed by atoms with Crippen LogP contribution in [0.3, 0.4) is 0 Å². The van der Waals surface area contributed by atoms with Crippen molar-refractivity contribution in [1.29, 1.82) is 0 Å². The highest BCUT2D eigenvalue weighted by Crippen LogP contribution is 2.49. The summed E-state index contributed by atoms with van der Waals surface area (Å²) in [5.41, 5.74) is 9.46. The molecule has 4 heteroatoms. The van der Waals surface area contributed by atoms with E-state index in [0.717, 1.165) is 62.0 Å². The second-order valence-corrected chi connectivity index (χ2v) is 12.8. The molecule has 44 heavy (non-hydrogen) atoms. The lowest BCUT2D eigenvalue weighted by Gasteiger charge is -2.21. The van der Waals surface area contributed by atoms with Crippen molar-refractivity contribution in [3.8, 4) is 23.0 Å². The van der Waals surface area contributed by atoms with E-state index in [1.54, 1.807) is 34.0 Å². The van der Waals surface area contributed by atoms with Crippen LogP contribution in [-0.2, 0) is 6.42 Å². The molecule has 0 aliphatic heterocycles. The lowest BCUT2D eigenvalue weighted by atomic mass is 9.99. The maximum absolute atomic E-state index is 5.75. The van der Waals surface area contributed by atoms with Crippen LogP contribution in [0.15, 0.2) is 58.2 Å². The first-order chi connectivity index (χ1) is 21.0. The van der Waals surface area contributed by atoms with Gasteiger partial charge in [0.25, 0.3) is 0 Å². The zero-order valence-electron chi connectivity index (χ0n) is 30.4. The lowest BCUT2D eigenvalue weighted by Crippen LogP contribution is -2.04. The summed E-state index contributed by atoms with van der Waals surface area (Å²) in [4.78, 5) is 0. The molecule has 0 saturated heterocycles. The van der Waals surface area contributed by atoms with Crippen LogP contribution in [0.1, 0.15) is 124 Å². The summed E-state index contributed by atoms with van der Waals surface area (Å²) in [7, 11) is 6.57. The van der Waals surface area contributed by atoms with Crippen LogP contribution in [0.5, 0.6) is 23.0 Å². The molecular weight excluding hydrogens is 544 g/mol. The summed E-state index contributed by atoms with van der Waals surface area (Å²) in [5, 5.41) is 0. The molecule has 0 aromatic heterocycles. The molecule has 0 heterocycles. The van der Waals surface area contributed by atoms with E-state index < -0.39 is 0 Å². The molecule has 0 spiro atoms. The predicted octanol–water partition coefficient (Wildman–Crippen LogP) is 11.9. The standard InChI is InChI=1S/C40H64O4/c1-29(2)25-26-33(6)23-15-21-31(4)19-13-17-30(3)18-14-20-32(5)22-16-24-34(7)27-28-36-35(8)37(41-9)39(43-11)40(44-12)38(36)42-10/h18-19,22-23,27,29H,13-17,20-21,24-26,28H2,1-12H3/b30-18+,31-19+,32-22+,33-23+,34-27+. The summed E-state index contributed by atoms with van der Waals surface area (Å²) >= 11 is 0. The highest BCUT2D eigenvalue weighted by molar-refractivity contribution is 5.67. The minimum absolute atomic E-state index is 0.563. The number of allylic oxidation sites excluding steroid dienone is 10. The van der Waals surface area contributed by atoms with Crippen LogP contribution in [0, 0.1) is 12.8 Å². The number of benzene rings is 1. The maximum Gasteiger partial charge on any atom is 0.207 e. The smallest absolute Gasteiger partial charge is 0.207 e. The Morgan fingerprint density at radius 1 is 0.500 bits per heavy atom. The highest BCUT2D eigenvalue weighted by atomic mass is 16.5. The number of hydrogen-bond donors (Lipinski definition) is 0. The second-order valence-electron chi connectivity index (χ2n) is 12.8. The Morgan fingerprint density at radius 3 is 1.20 bits per heavy atom. The van der Waals surface area contributed by atoms with Gasteiger partial charge in [0.15, 0.2) is 11.5 Å². The van der Waals surface area contributed by atoms with Crippen molar-refractivity contribution in [2.45, 2.75) is 126 Å². The summed E-state index contributed by atoms with van der Waals surface area (Å²) in [6, 6.07) is 0. The van der Waals surface area contributed by atoms with Crippen molar-refractivity contribution in [1.82, 2.24) is 0 Å². The second kappa shape index (κ2) is 21.8. The van der Waals surface area contributed by atoms with Gasteiger partial charge in [0.1, 0.15) is 0 Å². The Morgan fingerprint density at radius 2 is 0.841 bits per heavy atom. The first kappa shape index (κ1) is 39.1. The predicted molar refractivity (Wildman–Crippen MR) is 191 cm³/mol. The van der Waals surface area contributed by atoms with E-state index in [2.05, 4.69) is 78.8 Å². The summed E-state index contributed by atoms with van der Waals surface area (Å²) in [5.74, 6) is 3.31. The van der Waals surface area contributed by atoms with Gasteiger partial charge in [-0.2, -0.15) is 0 Å². The minimum Gasteiger partial charge on any atom is -0.492 e. The van der Waals surface area contributed by atoms with Gasteiger partial charge in [0, 0.05) is 11.1 Å². The average molecular weight is 609 g/mol. The van der Waals surface area contributed by atoms with E-state index in [1.807, 2.05) is 6.92 Å². The molecule has 0 fully saturated rings. The summed E-state index contributed by atoms with van der Waals surface area (Å²) < 4.78 is 22.6. The summed E-state index contributed by atoms with van der Waals surface area (Å²) in [6.45, 7) is 18.0. The first-order valence-corrected chi connectivity index (χ1v) is 16.6. The molecule has 0 amide bonds. The van der Waals surface area contributed by atoms with Crippen molar-refractivity contribution in [3.63, 3.8) is 0 Å². The fourth-order valence-electron chi connectivity index (χ4n) is 5.39. The molecule has 0 saturated carbocycles. The Balaban J connectivity index is 2.54. The quantitative estimate of drug-likeness (QED) is 0.130. The van der Waals surface area contributed by atoms with Gasteiger partial charge < -0.3 is 18.9 Å². The van der Waals surface area contributed by atoms with E-state index in [0.29, 0.717) is 23.0 Å². The van der Waals surface area contributed by atoms with Crippen LogP contribution in [0.4, 0.5) is 0 Å². The molecule has 4 nitrogen and oxygen atoms in total. The van der Waals surface area contributed by atoms with Crippen LogP contribution < -0.4 is 18.9 Å². The van der Waals surface area contributed by atoms with Gasteiger partial charge >= 0.3 is 0 Å². The van der Waals surface area contributed by atoms with Crippen LogP contribution >= 0.6 is 0 Å². The van der Waals surface area contributed by atoms with Gasteiger partial charge in [0.2, 0.25) is 11.5 Å². The third-order valence-electron chi connectivity index (χ3n) is 8.40. The van der Waals surface area contributed by atoms with E-state index in [9.17, 15) is 0 Å². The molecule has 248 valence electrons. The molecule has 0 aliphatic carbocycles. The van der Waals surface area contributed by atoms with E-state index in [1.165, 1.54) is 48.0 Å². The number of ether oxygens (including phenoxy) is 4. The normalized spacial score (nSPS) is 13.5. The maximum atomic E-state index is 5.75. The van der Waals surface area contributed by atoms with Gasteiger partial charge in [0.05, 0.1) is 28.4 Å². The van der Waals surface area contributed by atoms with Crippen molar-refractivity contribution in [3.05, 3.63) is 69.4 Å². The third kappa shape index (κ3) is 14.3. The molecule has 0 N–H and O–H groups in total. The number of methoxy groups -OCH3 is 4. The van der Waals surface area contributed by atoms with E-state index in [4.69, 9.17) is 18.9 Å². The lowest BCUT2D eigenvalue weighted by molar-refractivity contribution is 0.302. The van der Waals surface area contributed by atoms with Gasteiger partial charge in [-0.05, 0) is 118 Å². The zero-order chi connectivity index (χ0) is 33.1. The van der Waals surface area contributed by atoms with Crippen molar-refractivity contribution < 1.29 is 18.9 Å². The van der Waals surface area contributed by atoms with E-state index >= 15 is 0 Å². The fraction of sp³-hybridized carbons (Fsp3) is 0.600. The summed E-state index contributed by atoms with van der Waals surface area (Å²) in [6.07, 6.45) is 24.3.